The molecule has 0 aliphatic carbocycles. The van der Waals surface area contributed by atoms with Crippen molar-refractivity contribution in [2.75, 3.05) is 5.75 Å². The third-order valence-corrected chi connectivity index (χ3v) is 3.59. The molecule has 0 saturated carbocycles. The molecule has 0 amide bonds. The fraction of sp³-hybridized carbons (Fsp3) is 1.00. The van der Waals surface area contributed by atoms with Crippen LogP contribution in [0.3, 0.4) is 0 Å². The van der Waals surface area contributed by atoms with Gasteiger partial charge in [0.2, 0.25) is 0 Å². The van der Waals surface area contributed by atoms with Gasteiger partial charge in [-0.2, -0.15) is 4.55 Å². The van der Waals surface area contributed by atoms with Crippen LogP contribution in [0.1, 0.15) is 34.6 Å². The Morgan fingerprint density at radius 3 is 1.80 bits per heavy atom. The summed E-state index contributed by atoms with van der Waals surface area (Å²) in [6.07, 6.45) is 0. The SMILES string of the molecule is CC(C)C[S+](O)C(C)(C)C. The topological polar surface area (TPSA) is 20.2 Å². The largest absolute Gasteiger partial charge is 0.187 e. The molecule has 0 bridgehead atoms. The second kappa shape index (κ2) is 3.63. The van der Waals surface area contributed by atoms with Gasteiger partial charge < -0.3 is 0 Å². The lowest BCUT2D eigenvalue weighted by Crippen LogP contribution is -2.31. The van der Waals surface area contributed by atoms with E-state index in [2.05, 4.69) is 34.6 Å². The van der Waals surface area contributed by atoms with E-state index in [1.165, 1.54) is 0 Å². The maximum Gasteiger partial charge on any atom is 0.152 e. The molecule has 2 heteroatoms. The lowest BCUT2D eigenvalue weighted by atomic mass is 10.2. The first-order valence-corrected chi connectivity index (χ1v) is 5.09. The normalized spacial score (nSPS) is 15.9. The summed E-state index contributed by atoms with van der Waals surface area (Å²) in [5.74, 6) is 1.54. The van der Waals surface area contributed by atoms with Crippen molar-refractivity contribution in [3.8, 4) is 0 Å². The van der Waals surface area contributed by atoms with Crippen molar-refractivity contribution in [1.29, 1.82) is 0 Å². The fourth-order valence-electron chi connectivity index (χ4n) is 0.566. The summed E-state index contributed by atoms with van der Waals surface area (Å²) in [4.78, 5) is 0. The van der Waals surface area contributed by atoms with Crippen LogP contribution in [-0.2, 0) is 11.2 Å². The Labute approximate surface area is 67.4 Å². The molecule has 0 radical (unpaired) electrons. The molecule has 1 atom stereocenters. The number of hydrogen-bond acceptors (Lipinski definition) is 1. The Balaban J connectivity index is 3.73. The molecule has 1 nitrogen and oxygen atoms in total. The fourth-order valence-corrected chi connectivity index (χ4v) is 1.70. The molecule has 0 fully saturated rings. The van der Waals surface area contributed by atoms with Crippen molar-refractivity contribution in [2.24, 2.45) is 5.92 Å². The summed E-state index contributed by atoms with van der Waals surface area (Å²) in [6, 6.07) is 0. The number of rotatable bonds is 2. The molecule has 10 heavy (non-hydrogen) atoms. The van der Waals surface area contributed by atoms with Gasteiger partial charge in [-0.25, -0.2) is 0 Å². The van der Waals surface area contributed by atoms with Gasteiger partial charge in [-0.1, -0.05) is 13.8 Å². The predicted octanol–water partition coefficient (Wildman–Crippen LogP) is 2.53. The van der Waals surface area contributed by atoms with Gasteiger partial charge in [0.05, 0.1) is 0 Å². The lowest BCUT2D eigenvalue weighted by molar-refractivity contribution is 0.578. The van der Waals surface area contributed by atoms with Crippen LogP contribution in [0.5, 0.6) is 0 Å². The smallest absolute Gasteiger partial charge is 0.152 e. The summed E-state index contributed by atoms with van der Waals surface area (Å²) in [7, 11) is 0. The molecule has 0 aromatic rings. The summed E-state index contributed by atoms with van der Waals surface area (Å²) < 4.78 is 9.66. The minimum atomic E-state index is -0.417. The van der Waals surface area contributed by atoms with Crippen LogP contribution in [-0.4, -0.2) is 15.1 Å². The number of hydrogen-bond donors (Lipinski definition) is 1. The Kier molecular flexibility index (Phi) is 3.74. The molecule has 62 valence electrons. The molecular weight excluding hydrogens is 144 g/mol. The van der Waals surface area contributed by atoms with Crippen LogP contribution >= 0.6 is 0 Å². The lowest BCUT2D eigenvalue weighted by Gasteiger charge is -2.15. The van der Waals surface area contributed by atoms with Gasteiger partial charge in [-0.3, -0.25) is 0 Å². The summed E-state index contributed by atoms with van der Waals surface area (Å²) in [5.41, 5.74) is 0. The molecule has 0 rings (SSSR count). The van der Waals surface area contributed by atoms with Crippen molar-refractivity contribution in [3.63, 3.8) is 0 Å². The van der Waals surface area contributed by atoms with E-state index in [0.717, 1.165) is 5.75 Å². The van der Waals surface area contributed by atoms with Crippen molar-refractivity contribution in [1.82, 2.24) is 0 Å². The zero-order valence-corrected chi connectivity index (χ0v) is 8.46. The molecule has 0 aliphatic rings. The zero-order valence-electron chi connectivity index (χ0n) is 7.64. The first kappa shape index (κ1) is 10.3. The summed E-state index contributed by atoms with van der Waals surface area (Å²) >= 11 is -0.417. The minimum Gasteiger partial charge on any atom is -0.187 e. The van der Waals surface area contributed by atoms with Crippen LogP contribution in [0, 0.1) is 5.92 Å². The first-order chi connectivity index (χ1) is 4.34. The second-order valence-corrected chi connectivity index (χ2v) is 6.33. The van der Waals surface area contributed by atoms with Crippen LogP contribution in [0.25, 0.3) is 0 Å². The Morgan fingerprint density at radius 1 is 1.30 bits per heavy atom. The molecular formula is C8H19OS+. The molecule has 0 aliphatic heterocycles. The van der Waals surface area contributed by atoms with Crippen LogP contribution in [0.2, 0.25) is 0 Å². The molecule has 0 saturated heterocycles. The first-order valence-electron chi connectivity index (χ1n) is 3.74. The molecule has 0 aromatic heterocycles. The zero-order chi connectivity index (χ0) is 8.36. The van der Waals surface area contributed by atoms with Crippen molar-refractivity contribution >= 4 is 11.2 Å². The Bertz CT molecular complexity index is 93.9. The second-order valence-electron chi connectivity index (χ2n) is 4.04. The van der Waals surface area contributed by atoms with Gasteiger partial charge in [0, 0.05) is 5.92 Å². The van der Waals surface area contributed by atoms with E-state index in [1.807, 2.05) is 0 Å². The highest BCUT2D eigenvalue weighted by Gasteiger charge is 2.33. The Morgan fingerprint density at radius 2 is 1.70 bits per heavy atom. The van der Waals surface area contributed by atoms with Gasteiger partial charge in [0.25, 0.3) is 0 Å². The van der Waals surface area contributed by atoms with Gasteiger partial charge >= 0.3 is 0 Å². The summed E-state index contributed by atoms with van der Waals surface area (Å²) in [5, 5.41) is 0. The predicted molar refractivity (Wildman–Crippen MR) is 49.5 cm³/mol. The highest BCUT2D eigenvalue weighted by molar-refractivity contribution is 7.92. The van der Waals surface area contributed by atoms with E-state index in [-0.39, 0.29) is 4.75 Å². The minimum absolute atomic E-state index is 0.0737. The van der Waals surface area contributed by atoms with Crippen molar-refractivity contribution in [3.05, 3.63) is 0 Å². The Hall–Kier alpha value is 0.310. The maximum absolute atomic E-state index is 9.58. The standard InChI is InChI=1S/C8H19OS/c1-7(2)6-10(9)8(3,4)5/h7,9H,6H2,1-5H3/q+1. The van der Waals surface area contributed by atoms with E-state index < -0.39 is 11.2 Å². The van der Waals surface area contributed by atoms with E-state index >= 15 is 0 Å². The summed E-state index contributed by atoms with van der Waals surface area (Å²) in [6.45, 7) is 10.5. The van der Waals surface area contributed by atoms with E-state index in [1.54, 1.807) is 0 Å². The van der Waals surface area contributed by atoms with Crippen LogP contribution < -0.4 is 0 Å². The third-order valence-electron chi connectivity index (χ3n) is 1.20. The molecule has 0 spiro atoms. The molecule has 1 unspecified atom stereocenters. The maximum atomic E-state index is 9.58. The third kappa shape index (κ3) is 4.18. The van der Waals surface area contributed by atoms with E-state index in [0.29, 0.717) is 5.92 Å². The average molecular weight is 163 g/mol. The van der Waals surface area contributed by atoms with E-state index in [9.17, 15) is 4.55 Å². The average Bonchev–Trinajstić information content (AvgIpc) is 1.60. The molecule has 0 aromatic carbocycles. The highest BCUT2D eigenvalue weighted by Crippen LogP contribution is 2.18. The monoisotopic (exact) mass is 163 g/mol. The quantitative estimate of drug-likeness (QED) is 0.620. The van der Waals surface area contributed by atoms with Gasteiger partial charge in [0.15, 0.2) is 4.75 Å². The van der Waals surface area contributed by atoms with Crippen LogP contribution in [0.15, 0.2) is 0 Å². The van der Waals surface area contributed by atoms with Crippen molar-refractivity contribution < 1.29 is 4.55 Å². The van der Waals surface area contributed by atoms with E-state index in [4.69, 9.17) is 0 Å². The van der Waals surface area contributed by atoms with Gasteiger partial charge in [0.1, 0.15) is 16.9 Å². The van der Waals surface area contributed by atoms with Gasteiger partial charge in [-0.05, 0) is 20.8 Å². The molecule has 1 N–H and O–H groups in total. The van der Waals surface area contributed by atoms with Crippen molar-refractivity contribution in [2.45, 2.75) is 39.4 Å². The molecule has 0 heterocycles. The van der Waals surface area contributed by atoms with Gasteiger partial charge in [-0.15, -0.1) is 0 Å². The van der Waals surface area contributed by atoms with Crippen LogP contribution in [0.4, 0.5) is 0 Å². The highest BCUT2D eigenvalue weighted by atomic mass is 32.2.